The molecule has 1 aliphatic heterocycles. The van der Waals surface area contributed by atoms with Crippen LogP contribution in [0, 0.1) is 0 Å². The maximum atomic E-state index is 5.60. The molecule has 0 spiro atoms. The first-order chi connectivity index (χ1) is 7.42. The lowest BCUT2D eigenvalue weighted by molar-refractivity contribution is 0.601. The number of thioether (sulfide) groups is 1. The number of hydrogen-bond donors (Lipinski definition) is 1. The van der Waals surface area contributed by atoms with Crippen LogP contribution in [0.15, 0.2) is 28.7 Å². The minimum absolute atomic E-state index is 0.517. The average Bonchev–Trinajstić information content (AvgIpc) is 2.86. The summed E-state index contributed by atoms with van der Waals surface area (Å²) in [6.07, 6.45) is 1.20. The monoisotopic (exact) mass is 220 g/mol. The molecule has 3 rings (SSSR count). The number of oxazole rings is 1. The van der Waals surface area contributed by atoms with E-state index in [1.807, 2.05) is 36.0 Å². The Morgan fingerprint density at radius 3 is 3.13 bits per heavy atom. The molecule has 0 saturated carbocycles. The van der Waals surface area contributed by atoms with Crippen LogP contribution in [0.1, 0.15) is 6.42 Å². The summed E-state index contributed by atoms with van der Waals surface area (Å²) in [7, 11) is 0. The van der Waals surface area contributed by atoms with Gasteiger partial charge in [0.2, 0.25) is 0 Å². The SMILES string of the molecule is c1ccc2oc(NC3CCSC3)nc2c1. The molecule has 1 unspecified atom stereocenters. The summed E-state index contributed by atoms with van der Waals surface area (Å²) < 4.78 is 5.60. The fourth-order valence-corrected chi connectivity index (χ4v) is 2.91. The summed E-state index contributed by atoms with van der Waals surface area (Å²) in [5.74, 6) is 2.39. The second-order valence-corrected chi connectivity index (χ2v) is 4.84. The number of nitrogens with one attached hydrogen (secondary N) is 1. The summed E-state index contributed by atoms with van der Waals surface area (Å²) >= 11 is 1.98. The number of aromatic nitrogens is 1. The van der Waals surface area contributed by atoms with E-state index in [0.29, 0.717) is 12.1 Å². The highest BCUT2D eigenvalue weighted by atomic mass is 32.2. The van der Waals surface area contributed by atoms with Crippen molar-refractivity contribution in [1.29, 1.82) is 0 Å². The van der Waals surface area contributed by atoms with Crippen molar-refractivity contribution in [3.05, 3.63) is 24.3 Å². The molecule has 0 radical (unpaired) electrons. The van der Waals surface area contributed by atoms with E-state index in [2.05, 4.69) is 10.3 Å². The Labute approximate surface area is 92.3 Å². The van der Waals surface area contributed by atoms with Crippen LogP contribution in [-0.4, -0.2) is 22.5 Å². The quantitative estimate of drug-likeness (QED) is 0.844. The maximum Gasteiger partial charge on any atom is 0.295 e. The van der Waals surface area contributed by atoms with Gasteiger partial charge in [0.1, 0.15) is 5.52 Å². The Morgan fingerprint density at radius 2 is 2.33 bits per heavy atom. The maximum absolute atomic E-state index is 5.60. The zero-order valence-corrected chi connectivity index (χ0v) is 9.09. The van der Waals surface area contributed by atoms with Crippen LogP contribution >= 0.6 is 11.8 Å². The van der Waals surface area contributed by atoms with Crippen LogP contribution in [0.25, 0.3) is 11.1 Å². The van der Waals surface area contributed by atoms with Gasteiger partial charge in [0.05, 0.1) is 0 Å². The molecule has 1 aromatic heterocycles. The molecular formula is C11H12N2OS. The molecule has 15 heavy (non-hydrogen) atoms. The topological polar surface area (TPSA) is 38.1 Å². The van der Waals surface area contributed by atoms with Crippen molar-refractivity contribution in [3.63, 3.8) is 0 Å². The minimum atomic E-state index is 0.517. The predicted octanol–water partition coefficient (Wildman–Crippen LogP) is 2.75. The highest BCUT2D eigenvalue weighted by molar-refractivity contribution is 7.99. The fourth-order valence-electron chi connectivity index (χ4n) is 1.76. The Kier molecular flexibility index (Phi) is 2.29. The van der Waals surface area contributed by atoms with Crippen LogP contribution in [-0.2, 0) is 0 Å². The van der Waals surface area contributed by atoms with Gasteiger partial charge < -0.3 is 9.73 Å². The van der Waals surface area contributed by atoms with Crippen molar-refractivity contribution >= 4 is 28.9 Å². The number of fused-ring (bicyclic) bond motifs is 1. The number of para-hydroxylation sites is 2. The number of anilines is 1. The molecule has 3 nitrogen and oxygen atoms in total. The highest BCUT2D eigenvalue weighted by Crippen LogP contribution is 2.23. The van der Waals surface area contributed by atoms with Crippen molar-refractivity contribution in [2.24, 2.45) is 0 Å². The Hall–Kier alpha value is -1.16. The number of rotatable bonds is 2. The van der Waals surface area contributed by atoms with E-state index < -0.39 is 0 Å². The van der Waals surface area contributed by atoms with E-state index in [1.165, 1.54) is 12.2 Å². The smallest absolute Gasteiger partial charge is 0.295 e. The third kappa shape index (κ3) is 1.81. The lowest BCUT2D eigenvalue weighted by Gasteiger charge is -2.07. The number of benzene rings is 1. The predicted molar refractivity (Wildman–Crippen MR) is 63.4 cm³/mol. The van der Waals surface area contributed by atoms with Crippen molar-refractivity contribution in [3.8, 4) is 0 Å². The second kappa shape index (κ2) is 3.77. The first-order valence-corrected chi connectivity index (χ1v) is 6.27. The van der Waals surface area contributed by atoms with Gasteiger partial charge in [-0.1, -0.05) is 12.1 Å². The van der Waals surface area contributed by atoms with Gasteiger partial charge in [0.25, 0.3) is 6.01 Å². The molecule has 1 atom stereocenters. The van der Waals surface area contributed by atoms with Gasteiger partial charge in [-0.2, -0.15) is 16.7 Å². The van der Waals surface area contributed by atoms with Gasteiger partial charge >= 0.3 is 0 Å². The van der Waals surface area contributed by atoms with Gasteiger partial charge in [0, 0.05) is 11.8 Å². The first-order valence-electron chi connectivity index (χ1n) is 5.12. The van der Waals surface area contributed by atoms with Crippen LogP contribution < -0.4 is 5.32 Å². The summed E-state index contributed by atoms with van der Waals surface area (Å²) in [4.78, 5) is 4.39. The normalized spacial score (nSPS) is 20.9. The molecule has 0 bridgehead atoms. The Balaban J connectivity index is 1.84. The number of nitrogens with zero attached hydrogens (tertiary/aromatic N) is 1. The molecule has 2 aromatic rings. The van der Waals surface area contributed by atoms with E-state index in [9.17, 15) is 0 Å². The second-order valence-electron chi connectivity index (χ2n) is 3.69. The van der Waals surface area contributed by atoms with Gasteiger partial charge in [-0.3, -0.25) is 0 Å². The first kappa shape index (κ1) is 9.09. The molecule has 4 heteroatoms. The van der Waals surface area contributed by atoms with Gasteiger partial charge in [-0.05, 0) is 24.3 Å². The summed E-state index contributed by atoms with van der Waals surface area (Å²) in [5.41, 5.74) is 1.77. The lowest BCUT2D eigenvalue weighted by Crippen LogP contribution is -2.18. The van der Waals surface area contributed by atoms with Crippen LogP contribution in [0.2, 0.25) is 0 Å². The molecule has 0 aliphatic carbocycles. The van der Waals surface area contributed by atoms with E-state index in [0.717, 1.165) is 16.9 Å². The zero-order chi connectivity index (χ0) is 10.1. The van der Waals surface area contributed by atoms with E-state index in [4.69, 9.17) is 4.42 Å². The van der Waals surface area contributed by atoms with Crippen molar-refractivity contribution < 1.29 is 4.42 Å². The summed E-state index contributed by atoms with van der Waals surface area (Å²) in [6.45, 7) is 0. The van der Waals surface area contributed by atoms with Crippen molar-refractivity contribution in [2.45, 2.75) is 12.5 Å². The van der Waals surface area contributed by atoms with E-state index >= 15 is 0 Å². The largest absolute Gasteiger partial charge is 0.424 e. The van der Waals surface area contributed by atoms with Crippen LogP contribution in [0.5, 0.6) is 0 Å². The highest BCUT2D eigenvalue weighted by Gasteiger charge is 2.17. The molecule has 1 aromatic carbocycles. The lowest BCUT2D eigenvalue weighted by atomic mass is 10.3. The fraction of sp³-hybridized carbons (Fsp3) is 0.364. The third-order valence-electron chi connectivity index (χ3n) is 2.55. The van der Waals surface area contributed by atoms with Crippen molar-refractivity contribution in [1.82, 2.24) is 4.98 Å². The average molecular weight is 220 g/mol. The molecule has 1 aliphatic rings. The van der Waals surface area contributed by atoms with Gasteiger partial charge in [-0.15, -0.1) is 0 Å². The standard InChI is InChI=1S/C11H12N2OS/c1-2-4-10-9(3-1)13-11(14-10)12-8-5-6-15-7-8/h1-4,8H,5-7H2,(H,12,13). The number of hydrogen-bond acceptors (Lipinski definition) is 4. The van der Waals surface area contributed by atoms with Crippen molar-refractivity contribution in [2.75, 3.05) is 16.8 Å². The molecule has 2 heterocycles. The van der Waals surface area contributed by atoms with E-state index in [-0.39, 0.29) is 0 Å². The Morgan fingerprint density at radius 1 is 1.40 bits per heavy atom. The summed E-state index contributed by atoms with van der Waals surface area (Å²) in [5, 5.41) is 3.33. The van der Waals surface area contributed by atoms with Crippen LogP contribution in [0.3, 0.4) is 0 Å². The molecule has 1 saturated heterocycles. The van der Waals surface area contributed by atoms with Crippen LogP contribution in [0.4, 0.5) is 6.01 Å². The molecule has 1 fully saturated rings. The minimum Gasteiger partial charge on any atom is -0.424 e. The Bertz CT molecular complexity index is 429. The molecule has 0 amide bonds. The molecule has 78 valence electrons. The van der Waals surface area contributed by atoms with Gasteiger partial charge in [0.15, 0.2) is 5.58 Å². The van der Waals surface area contributed by atoms with Gasteiger partial charge in [-0.25, -0.2) is 0 Å². The molecule has 1 N–H and O–H groups in total. The third-order valence-corrected chi connectivity index (χ3v) is 3.71. The molecular weight excluding hydrogens is 208 g/mol. The zero-order valence-electron chi connectivity index (χ0n) is 8.27. The summed E-state index contributed by atoms with van der Waals surface area (Å²) in [6, 6.07) is 9.01. The van der Waals surface area contributed by atoms with E-state index in [1.54, 1.807) is 0 Å².